The summed E-state index contributed by atoms with van der Waals surface area (Å²) in [5.41, 5.74) is 4.12. The van der Waals surface area contributed by atoms with Crippen LogP contribution >= 0.6 is 0 Å². The van der Waals surface area contributed by atoms with Crippen molar-refractivity contribution in [2.75, 3.05) is 23.5 Å². The summed E-state index contributed by atoms with van der Waals surface area (Å²) in [5, 5.41) is 0. The smallest absolute Gasteiger partial charge is 0.189 e. The molecule has 0 saturated carbocycles. The Hall–Kier alpha value is -2.47. The standard InChI is InChI=1S/C15H13N3/c1-16-12-8-9-14-15(10-12)18(11-17(14)2)13-6-4-3-5-7-13/h3-10H,11H2,2H3. The highest BCUT2D eigenvalue weighted by Crippen LogP contribution is 2.41. The van der Waals surface area contributed by atoms with Gasteiger partial charge < -0.3 is 9.80 Å². The van der Waals surface area contributed by atoms with Crippen LogP contribution in [0.5, 0.6) is 0 Å². The second-order valence-corrected chi connectivity index (χ2v) is 4.39. The zero-order valence-corrected chi connectivity index (χ0v) is 10.2. The van der Waals surface area contributed by atoms with Crippen LogP contribution in [0.4, 0.5) is 22.7 Å². The SMILES string of the molecule is [C-]#[N+]c1ccc2c(c1)N(c1ccccc1)CN2C. The van der Waals surface area contributed by atoms with Gasteiger partial charge in [0.1, 0.15) is 0 Å². The van der Waals surface area contributed by atoms with Crippen molar-refractivity contribution in [2.24, 2.45) is 0 Å². The molecule has 2 aromatic carbocycles. The van der Waals surface area contributed by atoms with Crippen molar-refractivity contribution >= 4 is 22.7 Å². The summed E-state index contributed by atoms with van der Waals surface area (Å²) < 4.78 is 0. The van der Waals surface area contributed by atoms with Crippen LogP contribution in [-0.2, 0) is 0 Å². The molecule has 88 valence electrons. The molecule has 0 N–H and O–H groups in total. The molecule has 0 saturated heterocycles. The molecule has 0 radical (unpaired) electrons. The molecule has 3 nitrogen and oxygen atoms in total. The van der Waals surface area contributed by atoms with Crippen LogP contribution in [0.15, 0.2) is 48.5 Å². The van der Waals surface area contributed by atoms with Crippen molar-refractivity contribution in [3.05, 3.63) is 59.9 Å². The van der Waals surface area contributed by atoms with Crippen LogP contribution in [0.2, 0.25) is 0 Å². The molecule has 0 aromatic heterocycles. The first-order chi connectivity index (χ1) is 8.79. The van der Waals surface area contributed by atoms with Gasteiger partial charge in [0.05, 0.1) is 24.6 Å². The summed E-state index contributed by atoms with van der Waals surface area (Å²) in [6.07, 6.45) is 0. The van der Waals surface area contributed by atoms with E-state index in [-0.39, 0.29) is 0 Å². The van der Waals surface area contributed by atoms with Gasteiger partial charge in [0.2, 0.25) is 0 Å². The van der Waals surface area contributed by atoms with Gasteiger partial charge in [-0.25, -0.2) is 4.85 Å². The Bertz CT molecular complexity index is 613. The van der Waals surface area contributed by atoms with Crippen molar-refractivity contribution in [1.29, 1.82) is 0 Å². The fraction of sp³-hybridized carbons (Fsp3) is 0.133. The third-order valence-corrected chi connectivity index (χ3v) is 3.21. The monoisotopic (exact) mass is 235 g/mol. The molecule has 2 aromatic rings. The fourth-order valence-corrected chi connectivity index (χ4v) is 2.31. The van der Waals surface area contributed by atoms with E-state index in [9.17, 15) is 0 Å². The van der Waals surface area contributed by atoms with Gasteiger partial charge in [0, 0.05) is 12.7 Å². The first-order valence-electron chi connectivity index (χ1n) is 5.85. The molecule has 0 unspecified atom stereocenters. The minimum absolute atomic E-state index is 0.685. The molecule has 0 amide bonds. The minimum Gasteiger partial charge on any atom is -0.355 e. The van der Waals surface area contributed by atoms with E-state index in [0.717, 1.165) is 18.0 Å². The van der Waals surface area contributed by atoms with Crippen molar-refractivity contribution in [2.45, 2.75) is 0 Å². The predicted molar refractivity (Wildman–Crippen MR) is 74.6 cm³/mol. The molecule has 18 heavy (non-hydrogen) atoms. The van der Waals surface area contributed by atoms with Gasteiger partial charge in [-0.1, -0.05) is 24.3 Å². The zero-order chi connectivity index (χ0) is 12.5. The molecular weight excluding hydrogens is 222 g/mol. The van der Waals surface area contributed by atoms with Crippen molar-refractivity contribution < 1.29 is 0 Å². The molecule has 1 aliphatic heterocycles. The second kappa shape index (κ2) is 4.08. The fourth-order valence-electron chi connectivity index (χ4n) is 2.31. The van der Waals surface area contributed by atoms with E-state index >= 15 is 0 Å². The van der Waals surface area contributed by atoms with Gasteiger partial charge in [-0.05, 0) is 24.3 Å². The average molecular weight is 235 g/mol. The zero-order valence-electron chi connectivity index (χ0n) is 10.2. The average Bonchev–Trinajstić information content (AvgIpc) is 2.76. The van der Waals surface area contributed by atoms with E-state index < -0.39 is 0 Å². The molecule has 1 heterocycles. The molecule has 0 aliphatic carbocycles. The Kier molecular flexibility index (Phi) is 2.42. The highest BCUT2D eigenvalue weighted by atomic mass is 15.4. The summed E-state index contributed by atoms with van der Waals surface area (Å²) in [4.78, 5) is 7.92. The van der Waals surface area contributed by atoms with E-state index in [1.54, 1.807) is 0 Å². The van der Waals surface area contributed by atoms with Crippen LogP contribution in [0.3, 0.4) is 0 Å². The van der Waals surface area contributed by atoms with Gasteiger partial charge in [0.15, 0.2) is 5.69 Å². The summed E-state index contributed by atoms with van der Waals surface area (Å²) in [6.45, 7) is 7.94. The highest BCUT2D eigenvalue weighted by molar-refractivity contribution is 5.84. The van der Waals surface area contributed by atoms with E-state index in [1.165, 1.54) is 5.69 Å². The summed E-state index contributed by atoms with van der Waals surface area (Å²) in [6, 6.07) is 16.1. The van der Waals surface area contributed by atoms with Gasteiger partial charge in [0.25, 0.3) is 0 Å². The maximum Gasteiger partial charge on any atom is 0.189 e. The molecular formula is C15H13N3. The lowest BCUT2D eigenvalue weighted by molar-refractivity contribution is 0.950. The van der Waals surface area contributed by atoms with Crippen LogP contribution in [0.1, 0.15) is 0 Å². The number of rotatable bonds is 1. The minimum atomic E-state index is 0.685. The van der Waals surface area contributed by atoms with Crippen molar-refractivity contribution in [1.82, 2.24) is 0 Å². The van der Waals surface area contributed by atoms with Gasteiger partial charge >= 0.3 is 0 Å². The Labute approximate surface area is 107 Å². The van der Waals surface area contributed by atoms with Crippen molar-refractivity contribution in [3.63, 3.8) is 0 Å². The number of fused-ring (bicyclic) bond motifs is 1. The van der Waals surface area contributed by atoms with Crippen LogP contribution < -0.4 is 9.80 Å². The Balaban J connectivity index is 2.10. The third kappa shape index (κ3) is 1.59. The van der Waals surface area contributed by atoms with Gasteiger partial charge in [-0.15, -0.1) is 0 Å². The quantitative estimate of drug-likeness (QED) is 0.696. The molecule has 3 rings (SSSR count). The largest absolute Gasteiger partial charge is 0.355 e. The van der Waals surface area contributed by atoms with Crippen LogP contribution in [0.25, 0.3) is 4.85 Å². The molecule has 3 heteroatoms. The number of anilines is 3. The lowest BCUT2D eigenvalue weighted by Gasteiger charge is -2.19. The molecule has 0 fully saturated rings. The normalized spacial score (nSPS) is 13.3. The lowest BCUT2D eigenvalue weighted by Crippen LogP contribution is -2.23. The number of benzene rings is 2. The number of nitrogens with zero attached hydrogens (tertiary/aromatic N) is 3. The summed E-state index contributed by atoms with van der Waals surface area (Å²) in [7, 11) is 2.07. The Morgan fingerprint density at radius 2 is 1.83 bits per heavy atom. The Morgan fingerprint density at radius 1 is 1.06 bits per heavy atom. The predicted octanol–water partition coefficient (Wildman–Crippen LogP) is 3.78. The lowest BCUT2D eigenvalue weighted by atomic mass is 10.2. The molecule has 1 aliphatic rings. The highest BCUT2D eigenvalue weighted by Gasteiger charge is 2.24. The van der Waals surface area contributed by atoms with E-state index in [4.69, 9.17) is 6.57 Å². The first kappa shape index (κ1) is 10.7. The van der Waals surface area contributed by atoms with Crippen LogP contribution in [0, 0.1) is 6.57 Å². The van der Waals surface area contributed by atoms with E-state index in [0.29, 0.717) is 5.69 Å². The second-order valence-electron chi connectivity index (χ2n) is 4.39. The van der Waals surface area contributed by atoms with Gasteiger partial charge in [-0.2, -0.15) is 0 Å². The maximum atomic E-state index is 7.12. The topological polar surface area (TPSA) is 10.8 Å². The van der Waals surface area contributed by atoms with E-state index in [1.807, 2.05) is 36.4 Å². The number of para-hydroxylation sites is 1. The summed E-state index contributed by atoms with van der Waals surface area (Å²) >= 11 is 0. The van der Waals surface area contributed by atoms with E-state index in [2.05, 4.69) is 33.8 Å². The van der Waals surface area contributed by atoms with Crippen LogP contribution in [-0.4, -0.2) is 13.7 Å². The molecule has 0 bridgehead atoms. The maximum absolute atomic E-state index is 7.12. The van der Waals surface area contributed by atoms with Gasteiger partial charge in [-0.3, -0.25) is 0 Å². The molecule has 0 spiro atoms. The number of hydrogen-bond acceptors (Lipinski definition) is 2. The first-order valence-corrected chi connectivity index (χ1v) is 5.85. The number of hydrogen-bond donors (Lipinski definition) is 0. The Morgan fingerprint density at radius 3 is 2.56 bits per heavy atom. The van der Waals surface area contributed by atoms with Crippen molar-refractivity contribution in [3.8, 4) is 0 Å². The third-order valence-electron chi connectivity index (χ3n) is 3.21. The molecule has 0 atom stereocenters. The summed E-state index contributed by atoms with van der Waals surface area (Å²) in [5.74, 6) is 0.